The number of fused-ring (bicyclic) bond motifs is 2. The molecule has 7 heteroatoms. The van der Waals surface area contributed by atoms with Gasteiger partial charge in [0.05, 0.1) is 16.2 Å². The van der Waals surface area contributed by atoms with Gasteiger partial charge in [0, 0.05) is 36.8 Å². The maximum absolute atomic E-state index is 10.7. The van der Waals surface area contributed by atoms with E-state index in [1.54, 1.807) is 0 Å². The van der Waals surface area contributed by atoms with E-state index in [1.165, 1.54) is 0 Å². The van der Waals surface area contributed by atoms with Gasteiger partial charge < -0.3 is 16.0 Å². The van der Waals surface area contributed by atoms with Crippen LogP contribution in [-0.2, 0) is 6.54 Å². The van der Waals surface area contributed by atoms with Crippen LogP contribution in [0.3, 0.4) is 0 Å². The second kappa shape index (κ2) is 8.65. The van der Waals surface area contributed by atoms with Crippen molar-refractivity contribution < 1.29 is 9.11 Å². The molecule has 30 heavy (non-hydrogen) atoms. The summed E-state index contributed by atoms with van der Waals surface area (Å²) in [6, 6.07) is 15.7. The summed E-state index contributed by atoms with van der Waals surface area (Å²) in [6.07, 6.45) is 2.70. The SMILES string of the molecule is C=Cc1ccc2nc(N3CCS(O)(O)c4ccccc4C3)cc(NCCCN)c2c1. The highest BCUT2D eigenvalue weighted by Crippen LogP contribution is 2.51. The standard InChI is InChI=1S/C23H28N4O2S/c1-2-17-8-9-20-19(14-17)21(25-11-5-10-24)15-23(26-20)27-12-13-30(28,29)22-7-4-3-6-18(22)16-27/h2-4,6-9,14-15,28-29H,1,5,10-13,16,24H2,(H,25,26). The van der Waals surface area contributed by atoms with Crippen molar-refractivity contribution in [3.8, 4) is 0 Å². The molecule has 0 radical (unpaired) electrons. The molecule has 6 nitrogen and oxygen atoms in total. The van der Waals surface area contributed by atoms with Crippen molar-refractivity contribution in [1.82, 2.24) is 4.98 Å². The summed E-state index contributed by atoms with van der Waals surface area (Å²) in [4.78, 5) is 7.66. The van der Waals surface area contributed by atoms with Crippen molar-refractivity contribution in [1.29, 1.82) is 0 Å². The topological polar surface area (TPSA) is 94.6 Å². The largest absolute Gasteiger partial charge is 0.384 e. The lowest BCUT2D eigenvalue weighted by atomic mass is 10.1. The minimum atomic E-state index is -2.81. The molecule has 158 valence electrons. The van der Waals surface area contributed by atoms with E-state index in [0.717, 1.165) is 46.5 Å². The Morgan fingerprint density at radius 3 is 2.83 bits per heavy atom. The number of nitrogens with two attached hydrogens (primary N) is 1. The van der Waals surface area contributed by atoms with Crippen LogP contribution in [0.5, 0.6) is 0 Å². The van der Waals surface area contributed by atoms with Crippen molar-refractivity contribution in [3.05, 3.63) is 66.2 Å². The number of pyridine rings is 1. The van der Waals surface area contributed by atoms with Gasteiger partial charge in [-0.15, -0.1) is 0 Å². The Morgan fingerprint density at radius 2 is 2.03 bits per heavy atom. The van der Waals surface area contributed by atoms with Crippen LogP contribution in [-0.4, -0.2) is 39.5 Å². The number of hydrogen-bond donors (Lipinski definition) is 4. The molecule has 2 aromatic carbocycles. The number of rotatable bonds is 6. The van der Waals surface area contributed by atoms with Gasteiger partial charge in [0.25, 0.3) is 0 Å². The van der Waals surface area contributed by atoms with Gasteiger partial charge >= 0.3 is 0 Å². The first-order valence-corrected chi connectivity index (χ1v) is 11.8. The molecule has 1 aliphatic rings. The van der Waals surface area contributed by atoms with Crippen LogP contribution in [0.1, 0.15) is 17.5 Å². The molecular formula is C23H28N4O2S. The predicted molar refractivity (Wildman–Crippen MR) is 127 cm³/mol. The van der Waals surface area contributed by atoms with E-state index in [2.05, 4.69) is 22.9 Å². The summed E-state index contributed by atoms with van der Waals surface area (Å²) in [5.41, 5.74) is 9.52. The summed E-state index contributed by atoms with van der Waals surface area (Å²) in [5.74, 6) is 1.10. The Bertz CT molecular complexity index is 1070. The number of anilines is 2. The zero-order valence-electron chi connectivity index (χ0n) is 16.9. The lowest BCUT2D eigenvalue weighted by molar-refractivity contribution is 0.488. The number of hydrogen-bond acceptors (Lipinski definition) is 6. The number of aromatic nitrogens is 1. The molecule has 0 aliphatic carbocycles. The molecule has 0 bridgehead atoms. The van der Waals surface area contributed by atoms with E-state index < -0.39 is 10.6 Å². The lowest BCUT2D eigenvalue weighted by Gasteiger charge is -2.32. The minimum Gasteiger partial charge on any atom is -0.384 e. The van der Waals surface area contributed by atoms with Crippen LogP contribution >= 0.6 is 10.6 Å². The molecule has 0 amide bonds. The summed E-state index contributed by atoms with van der Waals surface area (Å²) >= 11 is 0. The van der Waals surface area contributed by atoms with Gasteiger partial charge in [0.2, 0.25) is 0 Å². The highest BCUT2D eigenvalue weighted by molar-refractivity contribution is 8.24. The van der Waals surface area contributed by atoms with Gasteiger partial charge in [0.1, 0.15) is 5.82 Å². The maximum Gasteiger partial charge on any atom is 0.131 e. The predicted octanol–water partition coefficient (Wildman–Crippen LogP) is 4.77. The van der Waals surface area contributed by atoms with Gasteiger partial charge in [-0.3, -0.25) is 9.11 Å². The average Bonchev–Trinajstić information content (AvgIpc) is 2.89. The monoisotopic (exact) mass is 424 g/mol. The Labute approximate surface area is 178 Å². The molecule has 1 aromatic heterocycles. The molecule has 5 N–H and O–H groups in total. The molecule has 2 heterocycles. The number of nitrogens with one attached hydrogen (secondary N) is 1. The maximum atomic E-state index is 10.7. The van der Waals surface area contributed by atoms with E-state index >= 15 is 0 Å². The smallest absolute Gasteiger partial charge is 0.131 e. The zero-order valence-corrected chi connectivity index (χ0v) is 17.7. The molecule has 4 rings (SSSR count). The van der Waals surface area contributed by atoms with Gasteiger partial charge in [-0.05, 0) is 42.3 Å². The normalized spacial score (nSPS) is 16.6. The van der Waals surface area contributed by atoms with Crippen molar-refractivity contribution >= 4 is 39.1 Å². The number of nitrogens with zero attached hydrogens (tertiary/aromatic N) is 2. The zero-order chi connectivity index (χ0) is 21.1. The molecule has 0 fully saturated rings. The fraction of sp³-hybridized carbons (Fsp3) is 0.261. The van der Waals surface area contributed by atoms with Gasteiger partial charge in [-0.25, -0.2) is 4.98 Å². The highest BCUT2D eigenvalue weighted by Gasteiger charge is 2.26. The Balaban J connectivity index is 1.76. The van der Waals surface area contributed by atoms with Gasteiger partial charge in [-0.2, -0.15) is 10.6 Å². The minimum absolute atomic E-state index is 0.287. The Kier molecular flexibility index (Phi) is 5.97. The van der Waals surface area contributed by atoms with E-state index in [-0.39, 0.29) is 5.75 Å². The third-order valence-electron chi connectivity index (χ3n) is 5.41. The van der Waals surface area contributed by atoms with Gasteiger partial charge in [-0.1, -0.05) is 36.9 Å². The molecule has 0 spiro atoms. The fourth-order valence-electron chi connectivity index (χ4n) is 3.77. The highest BCUT2D eigenvalue weighted by atomic mass is 32.3. The number of benzene rings is 2. The quantitative estimate of drug-likeness (QED) is 0.426. The van der Waals surface area contributed by atoms with Crippen molar-refractivity contribution in [2.75, 3.05) is 35.6 Å². The van der Waals surface area contributed by atoms with Crippen LogP contribution in [0.4, 0.5) is 11.5 Å². The first-order chi connectivity index (χ1) is 14.5. The first kappa shape index (κ1) is 20.7. The van der Waals surface area contributed by atoms with Crippen LogP contribution in [0, 0.1) is 0 Å². The van der Waals surface area contributed by atoms with Crippen molar-refractivity contribution in [3.63, 3.8) is 0 Å². The van der Waals surface area contributed by atoms with Crippen LogP contribution in [0.2, 0.25) is 0 Å². The van der Waals surface area contributed by atoms with E-state index in [9.17, 15) is 9.11 Å². The Morgan fingerprint density at radius 1 is 1.20 bits per heavy atom. The molecule has 3 aromatic rings. The summed E-state index contributed by atoms with van der Waals surface area (Å²) in [6.45, 7) is 6.37. The van der Waals surface area contributed by atoms with Gasteiger partial charge in [0.15, 0.2) is 0 Å². The van der Waals surface area contributed by atoms with E-state index in [1.807, 2.05) is 48.5 Å². The molecule has 0 saturated heterocycles. The van der Waals surface area contributed by atoms with Crippen LogP contribution in [0.25, 0.3) is 17.0 Å². The second-order valence-electron chi connectivity index (χ2n) is 7.48. The van der Waals surface area contributed by atoms with E-state index in [4.69, 9.17) is 10.7 Å². The third-order valence-corrected chi connectivity index (χ3v) is 7.26. The first-order valence-electron chi connectivity index (χ1n) is 10.1. The van der Waals surface area contributed by atoms with Crippen molar-refractivity contribution in [2.24, 2.45) is 5.73 Å². The summed E-state index contributed by atoms with van der Waals surface area (Å²) in [5, 5.41) is 4.53. The Hall–Kier alpha value is -2.58. The molecule has 0 atom stereocenters. The second-order valence-corrected chi connectivity index (χ2v) is 9.66. The van der Waals surface area contributed by atoms with Crippen LogP contribution in [0.15, 0.2) is 60.0 Å². The summed E-state index contributed by atoms with van der Waals surface area (Å²) < 4.78 is 21.3. The molecular weight excluding hydrogens is 396 g/mol. The van der Waals surface area contributed by atoms with Crippen LogP contribution < -0.4 is 16.0 Å². The van der Waals surface area contributed by atoms with Crippen molar-refractivity contribution in [2.45, 2.75) is 17.9 Å². The third kappa shape index (κ3) is 4.15. The molecule has 1 aliphatic heterocycles. The fourth-order valence-corrected chi connectivity index (χ4v) is 5.31. The molecule has 0 saturated carbocycles. The van der Waals surface area contributed by atoms with E-state index in [0.29, 0.717) is 24.5 Å². The summed E-state index contributed by atoms with van der Waals surface area (Å²) in [7, 11) is -2.81. The molecule has 0 unspecified atom stereocenters. The average molecular weight is 425 g/mol. The lowest BCUT2D eigenvalue weighted by Crippen LogP contribution is -2.26.